The van der Waals surface area contributed by atoms with E-state index >= 15 is 0 Å². The van der Waals surface area contributed by atoms with E-state index in [9.17, 15) is 14.0 Å². The molecule has 0 saturated heterocycles. The van der Waals surface area contributed by atoms with Gasteiger partial charge in [0.25, 0.3) is 11.5 Å². The average molecular weight is 454 g/mol. The van der Waals surface area contributed by atoms with E-state index < -0.39 is 11.7 Å². The van der Waals surface area contributed by atoms with Gasteiger partial charge in [0.05, 0.1) is 10.7 Å². The summed E-state index contributed by atoms with van der Waals surface area (Å²) in [6, 6.07) is 17.2. The van der Waals surface area contributed by atoms with Gasteiger partial charge in [-0.2, -0.15) is 0 Å². The van der Waals surface area contributed by atoms with Gasteiger partial charge in [0.1, 0.15) is 18.0 Å². The highest BCUT2D eigenvalue weighted by atomic mass is 35.5. The highest BCUT2D eigenvalue weighted by Gasteiger charge is 2.08. The molecule has 2 aromatic carbocycles. The van der Waals surface area contributed by atoms with E-state index in [4.69, 9.17) is 21.1 Å². The lowest BCUT2D eigenvalue weighted by molar-refractivity contribution is -0.118. The number of amides is 1. The summed E-state index contributed by atoms with van der Waals surface area (Å²) in [5, 5.41) is 3.09. The molecule has 7 nitrogen and oxygen atoms in total. The number of rotatable bonds is 7. The second-order valence-corrected chi connectivity index (χ2v) is 7.18. The van der Waals surface area contributed by atoms with E-state index in [1.807, 2.05) is 0 Å². The first kappa shape index (κ1) is 21.3. The van der Waals surface area contributed by atoms with Crippen molar-refractivity contribution < 1.29 is 18.7 Å². The van der Waals surface area contributed by atoms with Gasteiger partial charge in [-0.25, -0.2) is 9.37 Å². The molecular weight excluding hydrogens is 437 g/mol. The van der Waals surface area contributed by atoms with Crippen molar-refractivity contribution >= 4 is 28.8 Å². The Balaban J connectivity index is 1.37. The molecule has 0 fully saturated rings. The van der Waals surface area contributed by atoms with Crippen molar-refractivity contribution in [1.29, 1.82) is 0 Å². The number of carbonyl (C=O) groups excluding carboxylic acids is 1. The first-order chi connectivity index (χ1) is 15.5. The number of aromatic nitrogens is 2. The third-order valence-electron chi connectivity index (χ3n) is 4.38. The number of carbonyl (C=O) groups is 1. The van der Waals surface area contributed by atoms with Crippen molar-refractivity contribution in [3.05, 3.63) is 99.8 Å². The van der Waals surface area contributed by atoms with Crippen molar-refractivity contribution in [2.45, 2.75) is 6.61 Å². The minimum Gasteiger partial charge on any atom is -0.487 e. The summed E-state index contributed by atoms with van der Waals surface area (Å²) in [6.07, 6.45) is 1.50. The predicted octanol–water partition coefficient (Wildman–Crippen LogP) is 4.08. The van der Waals surface area contributed by atoms with Crippen LogP contribution in [0.1, 0.15) is 5.69 Å². The molecule has 1 amide bonds. The summed E-state index contributed by atoms with van der Waals surface area (Å²) in [6.45, 7) is -0.289. The van der Waals surface area contributed by atoms with E-state index in [-0.39, 0.29) is 24.5 Å². The number of ether oxygens (including phenoxy) is 2. The van der Waals surface area contributed by atoms with Crippen molar-refractivity contribution in [3.8, 4) is 11.5 Å². The molecule has 0 unspecified atom stereocenters. The molecule has 0 radical (unpaired) electrons. The van der Waals surface area contributed by atoms with Crippen molar-refractivity contribution in [2.24, 2.45) is 0 Å². The number of hydrogen-bond donors (Lipinski definition) is 1. The summed E-state index contributed by atoms with van der Waals surface area (Å²) in [5.74, 6) is -0.522. The summed E-state index contributed by atoms with van der Waals surface area (Å²) in [7, 11) is 0. The van der Waals surface area contributed by atoms with Crippen LogP contribution in [0.2, 0.25) is 5.02 Å². The van der Waals surface area contributed by atoms with Crippen molar-refractivity contribution in [3.63, 3.8) is 0 Å². The molecule has 0 bridgehead atoms. The van der Waals surface area contributed by atoms with E-state index in [2.05, 4.69) is 10.3 Å². The number of fused-ring (bicyclic) bond motifs is 1. The number of hydrogen-bond acceptors (Lipinski definition) is 5. The minimum absolute atomic E-state index is 0.000737. The number of nitrogens with zero attached hydrogens (tertiary/aromatic N) is 2. The molecule has 2 aromatic heterocycles. The van der Waals surface area contributed by atoms with Crippen LogP contribution >= 0.6 is 11.6 Å². The minimum atomic E-state index is -0.541. The largest absolute Gasteiger partial charge is 0.487 e. The topological polar surface area (TPSA) is 81.9 Å². The van der Waals surface area contributed by atoms with Crippen molar-refractivity contribution in [2.75, 3.05) is 11.9 Å². The second kappa shape index (κ2) is 9.49. The molecule has 32 heavy (non-hydrogen) atoms. The monoisotopic (exact) mass is 453 g/mol. The third-order valence-corrected chi connectivity index (χ3v) is 4.60. The number of nitrogens with one attached hydrogen (secondary N) is 1. The SMILES string of the molecule is O=C(COc1ccccc1F)Nc1cccc(OCc2cc(=O)n3cc(Cl)ccc3n2)c1. The Morgan fingerprint density at radius 3 is 2.75 bits per heavy atom. The lowest BCUT2D eigenvalue weighted by Gasteiger charge is -2.10. The van der Waals surface area contributed by atoms with E-state index in [1.165, 1.54) is 34.9 Å². The van der Waals surface area contributed by atoms with Gasteiger partial charge in [-0.15, -0.1) is 0 Å². The standard InChI is InChI=1S/C23H17ClFN3O4/c24-15-8-9-21-26-17(11-23(30)28(21)12-15)13-31-18-5-3-4-16(10-18)27-22(29)14-32-20-7-2-1-6-19(20)25/h1-12H,13-14H2,(H,27,29). The molecule has 0 saturated carbocycles. The molecule has 0 aliphatic heterocycles. The molecular formula is C23H17ClFN3O4. The van der Waals surface area contributed by atoms with Gasteiger partial charge in [-0.05, 0) is 36.4 Å². The van der Waals surface area contributed by atoms with Gasteiger partial charge < -0.3 is 14.8 Å². The quantitative estimate of drug-likeness (QED) is 0.456. The van der Waals surface area contributed by atoms with Gasteiger partial charge in [-0.3, -0.25) is 14.0 Å². The van der Waals surface area contributed by atoms with Crippen molar-refractivity contribution in [1.82, 2.24) is 9.38 Å². The maximum Gasteiger partial charge on any atom is 0.262 e. The number of halogens is 2. The van der Waals surface area contributed by atoms with Crippen LogP contribution in [0.15, 0.2) is 77.7 Å². The van der Waals surface area contributed by atoms with Crippen LogP contribution in [0, 0.1) is 5.82 Å². The first-order valence-electron chi connectivity index (χ1n) is 9.56. The number of benzene rings is 2. The Kier molecular flexibility index (Phi) is 6.32. The smallest absolute Gasteiger partial charge is 0.262 e. The molecule has 1 N–H and O–H groups in total. The van der Waals surface area contributed by atoms with Crippen LogP contribution in [0.5, 0.6) is 11.5 Å². The van der Waals surface area contributed by atoms with Gasteiger partial charge in [0.2, 0.25) is 0 Å². The highest BCUT2D eigenvalue weighted by molar-refractivity contribution is 6.30. The van der Waals surface area contributed by atoms with Gasteiger partial charge >= 0.3 is 0 Å². The maximum atomic E-state index is 13.6. The normalized spacial score (nSPS) is 10.7. The third kappa shape index (κ3) is 5.22. The predicted molar refractivity (Wildman–Crippen MR) is 118 cm³/mol. The Morgan fingerprint density at radius 1 is 1.06 bits per heavy atom. The molecule has 0 aliphatic rings. The fourth-order valence-corrected chi connectivity index (χ4v) is 3.08. The molecule has 0 aliphatic carbocycles. The van der Waals surface area contributed by atoms with Gasteiger partial charge in [0, 0.05) is 24.0 Å². The highest BCUT2D eigenvalue weighted by Crippen LogP contribution is 2.19. The Labute approximate surface area is 187 Å². The first-order valence-corrected chi connectivity index (χ1v) is 9.93. The van der Waals surface area contributed by atoms with Crippen LogP contribution in [0.4, 0.5) is 10.1 Å². The number of para-hydroxylation sites is 1. The molecule has 0 atom stereocenters. The zero-order chi connectivity index (χ0) is 22.5. The van der Waals surface area contributed by atoms with Crippen LogP contribution in [0.25, 0.3) is 5.65 Å². The zero-order valence-corrected chi connectivity index (χ0v) is 17.4. The van der Waals surface area contributed by atoms with Gasteiger partial charge in [-0.1, -0.05) is 29.8 Å². The summed E-state index contributed by atoms with van der Waals surface area (Å²) >= 11 is 5.91. The van der Waals surface area contributed by atoms with Gasteiger partial charge in [0.15, 0.2) is 18.2 Å². The molecule has 162 valence electrons. The lowest BCUT2D eigenvalue weighted by atomic mass is 10.3. The number of anilines is 1. The molecule has 4 aromatic rings. The maximum absolute atomic E-state index is 13.6. The Morgan fingerprint density at radius 2 is 1.91 bits per heavy atom. The molecule has 2 heterocycles. The average Bonchev–Trinajstić information content (AvgIpc) is 2.78. The Hall–Kier alpha value is -3.91. The Bertz CT molecular complexity index is 1340. The van der Waals surface area contributed by atoms with E-state index in [1.54, 1.807) is 42.5 Å². The second-order valence-electron chi connectivity index (χ2n) is 6.75. The summed E-state index contributed by atoms with van der Waals surface area (Å²) in [5.41, 5.74) is 1.11. The van der Waals surface area contributed by atoms with Crippen LogP contribution in [0.3, 0.4) is 0 Å². The zero-order valence-electron chi connectivity index (χ0n) is 16.6. The van der Waals surface area contributed by atoms with Crippen LogP contribution < -0.4 is 20.3 Å². The molecule has 4 rings (SSSR count). The fraction of sp³-hybridized carbons (Fsp3) is 0.0870. The summed E-state index contributed by atoms with van der Waals surface area (Å²) in [4.78, 5) is 28.8. The van der Waals surface area contributed by atoms with E-state index in [0.717, 1.165) is 0 Å². The summed E-state index contributed by atoms with van der Waals surface area (Å²) < 4.78 is 25.8. The van der Waals surface area contributed by atoms with E-state index in [0.29, 0.717) is 27.8 Å². The van der Waals surface area contributed by atoms with Crippen LogP contribution in [-0.2, 0) is 11.4 Å². The number of pyridine rings is 1. The lowest BCUT2D eigenvalue weighted by Crippen LogP contribution is -2.20. The van der Waals surface area contributed by atoms with Crippen LogP contribution in [-0.4, -0.2) is 21.9 Å². The fourth-order valence-electron chi connectivity index (χ4n) is 2.92. The molecule has 0 spiro atoms. The molecule has 9 heteroatoms.